The third kappa shape index (κ3) is 2.76. The maximum absolute atomic E-state index is 11.4. The fourth-order valence-electron chi connectivity index (χ4n) is 4.62. The van der Waals surface area contributed by atoms with E-state index in [9.17, 15) is 10.2 Å². The van der Waals surface area contributed by atoms with Crippen molar-refractivity contribution in [2.75, 3.05) is 19.7 Å². The lowest BCUT2D eigenvalue weighted by Gasteiger charge is -2.54. The molecule has 0 spiro atoms. The first-order chi connectivity index (χ1) is 9.62. The van der Waals surface area contributed by atoms with E-state index in [0.717, 1.165) is 38.5 Å². The van der Waals surface area contributed by atoms with Crippen LogP contribution < -0.4 is 11.5 Å². The molecule has 0 aromatic heterocycles. The molecule has 0 aromatic carbocycles. The van der Waals surface area contributed by atoms with Crippen molar-refractivity contribution in [3.63, 3.8) is 0 Å². The van der Waals surface area contributed by atoms with Gasteiger partial charge in [0.05, 0.1) is 5.60 Å². The van der Waals surface area contributed by atoms with Crippen LogP contribution in [0.25, 0.3) is 0 Å². The molecule has 20 heavy (non-hydrogen) atoms. The second-order valence-electron chi connectivity index (χ2n) is 7.07. The van der Waals surface area contributed by atoms with Gasteiger partial charge in [0, 0.05) is 25.1 Å². The van der Waals surface area contributed by atoms with Crippen molar-refractivity contribution in [3.8, 4) is 0 Å². The van der Waals surface area contributed by atoms with E-state index in [-0.39, 0.29) is 12.0 Å². The zero-order chi connectivity index (χ0) is 14.6. The van der Waals surface area contributed by atoms with Gasteiger partial charge in [-0.3, -0.25) is 0 Å². The molecule has 0 amide bonds. The third-order valence-corrected chi connectivity index (χ3v) is 6.22. The first kappa shape index (κ1) is 16.2. The number of hydrogen-bond donors (Lipinski definition) is 4. The molecule has 4 nitrogen and oxygen atoms in total. The maximum Gasteiger partial charge on any atom is 0.0865 e. The zero-order valence-electron chi connectivity index (χ0n) is 12.7. The molecule has 2 rings (SSSR count). The minimum Gasteiger partial charge on any atom is -0.396 e. The summed E-state index contributed by atoms with van der Waals surface area (Å²) in [7, 11) is 0. The van der Waals surface area contributed by atoms with Crippen LogP contribution in [-0.2, 0) is 0 Å². The highest BCUT2D eigenvalue weighted by atomic mass is 16.3. The van der Waals surface area contributed by atoms with Crippen molar-refractivity contribution in [2.24, 2.45) is 28.7 Å². The van der Waals surface area contributed by atoms with E-state index in [2.05, 4.69) is 0 Å². The summed E-state index contributed by atoms with van der Waals surface area (Å²) in [5, 5.41) is 20.7. The van der Waals surface area contributed by atoms with Crippen molar-refractivity contribution >= 4 is 0 Å². The molecule has 0 radical (unpaired) electrons. The maximum atomic E-state index is 11.4. The molecular weight excluding hydrogens is 252 g/mol. The topological polar surface area (TPSA) is 92.5 Å². The van der Waals surface area contributed by atoms with Gasteiger partial charge in [0.15, 0.2) is 0 Å². The monoisotopic (exact) mass is 284 g/mol. The lowest BCUT2D eigenvalue weighted by Crippen LogP contribution is -2.62. The van der Waals surface area contributed by atoms with E-state index < -0.39 is 5.60 Å². The Morgan fingerprint density at radius 3 is 2.05 bits per heavy atom. The summed E-state index contributed by atoms with van der Waals surface area (Å²) in [6.45, 7) is 1.08. The number of nitrogens with two attached hydrogens (primary N) is 2. The Labute approximate surface area is 122 Å². The predicted octanol–water partition coefficient (Wildman–Crippen LogP) is 1.38. The molecule has 2 aliphatic carbocycles. The van der Waals surface area contributed by atoms with Gasteiger partial charge in [-0.25, -0.2) is 0 Å². The Morgan fingerprint density at radius 1 is 1.00 bits per heavy atom. The molecule has 2 saturated carbocycles. The highest BCUT2D eigenvalue weighted by molar-refractivity contribution is 5.06. The molecular formula is C16H32N2O2. The van der Waals surface area contributed by atoms with Crippen molar-refractivity contribution in [2.45, 2.75) is 63.4 Å². The molecule has 6 N–H and O–H groups in total. The standard InChI is InChI=1S/C16H32N2O2/c17-11-15(8-6-13(10-19)7-9-15)16(20,12-18)14-4-2-1-3-5-14/h13-14,19-20H,1-12,17-18H2. The van der Waals surface area contributed by atoms with Gasteiger partial charge in [-0.1, -0.05) is 19.3 Å². The quantitative estimate of drug-likeness (QED) is 0.614. The average Bonchev–Trinajstić information content (AvgIpc) is 2.54. The first-order valence-electron chi connectivity index (χ1n) is 8.35. The van der Waals surface area contributed by atoms with Crippen molar-refractivity contribution < 1.29 is 10.2 Å². The molecule has 0 saturated heterocycles. The summed E-state index contributed by atoms with van der Waals surface area (Å²) in [6.07, 6.45) is 9.57. The zero-order valence-corrected chi connectivity index (χ0v) is 12.7. The van der Waals surface area contributed by atoms with E-state index in [4.69, 9.17) is 11.5 Å². The van der Waals surface area contributed by atoms with Gasteiger partial charge in [0.25, 0.3) is 0 Å². The fraction of sp³-hybridized carbons (Fsp3) is 1.00. The molecule has 1 unspecified atom stereocenters. The van der Waals surface area contributed by atoms with Crippen LogP contribution in [-0.4, -0.2) is 35.5 Å². The smallest absolute Gasteiger partial charge is 0.0865 e. The van der Waals surface area contributed by atoms with E-state index in [0.29, 0.717) is 24.9 Å². The SMILES string of the molecule is NCC1(C(O)(CN)C2CCCCC2)CCC(CO)CC1. The minimum absolute atomic E-state index is 0.241. The highest BCUT2D eigenvalue weighted by Gasteiger charge is 2.53. The third-order valence-electron chi connectivity index (χ3n) is 6.22. The molecule has 0 bridgehead atoms. The average molecular weight is 284 g/mol. The van der Waals surface area contributed by atoms with E-state index in [1.54, 1.807) is 0 Å². The Bertz CT molecular complexity index is 297. The minimum atomic E-state index is -0.817. The molecule has 1 atom stereocenters. The van der Waals surface area contributed by atoms with Gasteiger partial charge in [-0.05, 0) is 50.4 Å². The highest BCUT2D eigenvalue weighted by Crippen LogP contribution is 2.51. The van der Waals surface area contributed by atoms with Crippen molar-refractivity contribution in [1.29, 1.82) is 0 Å². The van der Waals surface area contributed by atoms with Crippen molar-refractivity contribution in [1.82, 2.24) is 0 Å². The van der Waals surface area contributed by atoms with Crippen LogP contribution in [0, 0.1) is 17.3 Å². The molecule has 118 valence electrons. The molecule has 2 fully saturated rings. The van der Waals surface area contributed by atoms with Gasteiger partial charge in [0.1, 0.15) is 0 Å². The lowest BCUT2D eigenvalue weighted by atomic mass is 9.55. The van der Waals surface area contributed by atoms with Crippen LogP contribution in [0.5, 0.6) is 0 Å². The molecule has 0 aromatic rings. The molecule has 0 heterocycles. The van der Waals surface area contributed by atoms with Gasteiger partial charge in [-0.15, -0.1) is 0 Å². The van der Waals surface area contributed by atoms with E-state index in [1.807, 2.05) is 0 Å². The predicted molar refractivity (Wildman–Crippen MR) is 81.1 cm³/mol. The normalized spacial score (nSPS) is 35.7. The second kappa shape index (κ2) is 6.73. The van der Waals surface area contributed by atoms with Gasteiger partial charge < -0.3 is 21.7 Å². The van der Waals surface area contributed by atoms with Gasteiger partial charge in [0.2, 0.25) is 0 Å². The van der Waals surface area contributed by atoms with Crippen molar-refractivity contribution in [3.05, 3.63) is 0 Å². The molecule has 4 heteroatoms. The van der Waals surface area contributed by atoms with Crippen LogP contribution in [0.15, 0.2) is 0 Å². The van der Waals surface area contributed by atoms with Crippen LogP contribution in [0.3, 0.4) is 0 Å². The summed E-state index contributed by atoms with van der Waals surface area (Å²) < 4.78 is 0. The number of aliphatic hydroxyl groups excluding tert-OH is 1. The number of hydrogen-bond acceptors (Lipinski definition) is 4. The lowest BCUT2D eigenvalue weighted by molar-refractivity contribution is -0.145. The van der Waals surface area contributed by atoms with E-state index in [1.165, 1.54) is 19.3 Å². The van der Waals surface area contributed by atoms with Crippen LogP contribution in [0.1, 0.15) is 57.8 Å². The Morgan fingerprint density at radius 2 is 1.60 bits per heavy atom. The fourth-order valence-corrected chi connectivity index (χ4v) is 4.62. The summed E-state index contributed by atoms with van der Waals surface area (Å²) >= 11 is 0. The van der Waals surface area contributed by atoms with Gasteiger partial charge in [-0.2, -0.15) is 0 Å². The van der Waals surface area contributed by atoms with E-state index >= 15 is 0 Å². The molecule has 0 aliphatic heterocycles. The Kier molecular flexibility index (Phi) is 5.46. The van der Waals surface area contributed by atoms with Crippen LogP contribution >= 0.6 is 0 Å². The first-order valence-corrected chi connectivity index (χ1v) is 8.35. The summed E-state index contributed by atoms with van der Waals surface area (Å²) in [5.74, 6) is 0.679. The summed E-state index contributed by atoms with van der Waals surface area (Å²) in [6, 6.07) is 0. The number of aliphatic hydroxyl groups is 2. The second-order valence-corrected chi connectivity index (χ2v) is 7.07. The van der Waals surface area contributed by atoms with Gasteiger partial charge >= 0.3 is 0 Å². The largest absolute Gasteiger partial charge is 0.396 e. The Hall–Kier alpha value is -0.160. The summed E-state index contributed by atoms with van der Waals surface area (Å²) in [4.78, 5) is 0. The van der Waals surface area contributed by atoms with Crippen LogP contribution in [0.4, 0.5) is 0 Å². The van der Waals surface area contributed by atoms with Crippen LogP contribution in [0.2, 0.25) is 0 Å². The summed E-state index contributed by atoms with van der Waals surface area (Å²) in [5.41, 5.74) is 11.1. The number of rotatable bonds is 5. The Balaban J connectivity index is 2.17. The molecule has 2 aliphatic rings.